The number of unbranched alkanes of at least 4 members (excludes halogenated alkanes) is 5. The third-order valence-electron chi connectivity index (χ3n) is 8.16. The summed E-state index contributed by atoms with van der Waals surface area (Å²) in [5.74, 6) is -0.832. The second-order valence-corrected chi connectivity index (χ2v) is 13.4. The second-order valence-electron chi connectivity index (χ2n) is 13.4. The molecule has 2 N–H and O–H groups in total. The lowest BCUT2D eigenvalue weighted by Crippen LogP contribution is -2.54. The molecule has 3 rings (SSSR count). The van der Waals surface area contributed by atoms with E-state index in [0.717, 1.165) is 59.6 Å². The average Bonchev–Trinajstić information content (AvgIpc) is 2.97. The van der Waals surface area contributed by atoms with Gasteiger partial charge in [0.1, 0.15) is 17.7 Å². The van der Waals surface area contributed by atoms with Gasteiger partial charge in [-0.15, -0.1) is 0 Å². The van der Waals surface area contributed by atoms with Crippen molar-refractivity contribution >= 4 is 34.4 Å². The molecule has 0 spiro atoms. The molecule has 0 heterocycles. The van der Waals surface area contributed by atoms with Crippen LogP contribution in [0.4, 0.5) is 10.5 Å². The molecule has 0 saturated carbocycles. The van der Waals surface area contributed by atoms with Crippen molar-refractivity contribution in [2.45, 2.75) is 112 Å². The first kappa shape index (κ1) is 35.6. The van der Waals surface area contributed by atoms with Crippen LogP contribution in [0.2, 0.25) is 0 Å². The summed E-state index contributed by atoms with van der Waals surface area (Å²) in [6.45, 7) is 15.7. The Hall–Kier alpha value is -3.87. The van der Waals surface area contributed by atoms with Crippen LogP contribution in [0, 0.1) is 19.8 Å². The lowest BCUT2D eigenvalue weighted by atomic mass is 9.93. The van der Waals surface area contributed by atoms with Crippen LogP contribution in [0.5, 0.6) is 0 Å². The maximum absolute atomic E-state index is 14.6. The lowest BCUT2D eigenvalue weighted by molar-refractivity contribution is -0.141. The largest absolute Gasteiger partial charge is 0.444 e. The number of ether oxygens (including phenoxy) is 1. The van der Waals surface area contributed by atoms with Gasteiger partial charge in [-0.1, -0.05) is 101 Å². The maximum atomic E-state index is 14.6. The molecule has 0 aliphatic rings. The third-order valence-corrected chi connectivity index (χ3v) is 8.16. The van der Waals surface area contributed by atoms with E-state index in [1.165, 1.54) is 6.42 Å². The molecule has 3 amide bonds. The monoisotopic (exact) mass is 615 g/mol. The average molecular weight is 616 g/mol. The van der Waals surface area contributed by atoms with Crippen molar-refractivity contribution in [2.75, 3.05) is 11.9 Å². The van der Waals surface area contributed by atoms with Crippen LogP contribution in [0.15, 0.2) is 60.7 Å². The Labute approximate surface area is 270 Å². The van der Waals surface area contributed by atoms with Crippen molar-refractivity contribution in [3.8, 4) is 0 Å². The molecule has 3 aromatic carbocycles. The number of fused-ring (bicyclic) bond motifs is 1. The Morgan fingerprint density at radius 3 is 2.18 bits per heavy atom. The maximum Gasteiger partial charge on any atom is 0.408 e. The molecule has 7 heteroatoms. The van der Waals surface area contributed by atoms with Gasteiger partial charge < -0.3 is 20.3 Å². The minimum Gasteiger partial charge on any atom is -0.444 e. The van der Waals surface area contributed by atoms with Crippen LogP contribution in [0.3, 0.4) is 0 Å². The van der Waals surface area contributed by atoms with E-state index in [1.54, 1.807) is 25.7 Å². The molecule has 7 nitrogen and oxygen atoms in total. The SMILES string of the molecule is CCCCCCCCN(C(=O)C(NC(=O)OC(C)(C)C)C(C)C)C(C(=O)Nc1ccc2ccccc2c1)c1cccc(C)c1C. The van der Waals surface area contributed by atoms with E-state index < -0.39 is 23.8 Å². The number of anilines is 1. The summed E-state index contributed by atoms with van der Waals surface area (Å²) >= 11 is 0. The van der Waals surface area contributed by atoms with Gasteiger partial charge in [-0.25, -0.2) is 4.79 Å². The predicted molar refractivity (Wildman–Crippen MR) is 184 cm³/mol. The Balaban J connectivity index is 2.04. The van der Waals surface area contributed by atoms with E-state index in [1.807, 2.05) is 88.4 Å². The highest BCUT2D eigenvalue weighted by Crippen LogP contribution is 2.30. The number of hydrogen-bond acceptors (Lipinski definition) is 4. The molecule has 2 unspecified atom stereocenters. The summed E-state index contributed by atoms with van der Waals surface area (Å²) in [4.78, 5) is 43.6. The summed E-state index contributed by atoms with van der Waals surface area (Å²) < 4.78 is 5.53. The number of benzene rings is 3. The van der Waals surface area contributed by atoms with E-state index in [4.69, 9.17) is 4.74 Å². The van der Waals surface area contributed by atoms with Crippen LogP contribution < -0.4 is 10.6 Å². The fourth-order valence-electron chi connectivity index (χ4n) is 5.55. The molecule has 45 heavy (non-hydrogen) atoms. The molecule has 0 aliphatic heterocycles. The van der Waals surface area contributed by atoms with E-state index >= 15 is 0 Å². The van der Waals surface area contributed by atoms with Crippen molar-refractivity contribution in [3.63, 3.8) is 0 Å². The molecule has 0 saturated heterocycles. The summed E-state index contributed by atoms with van der Waals surface area (Å²) in [7, 11) is 0. The first-order valence-corrected chi connectivity index (χ1v) is 16.5. The zero-order valence-electron chi connectivity index (χ0n) is 28.5. The number of carbonyl (C=O) groups excluding carboxylic acids is 3. The Morgan fingerprint density at radius 1 is 0.844 bits per heavy atom. The van der Waals surface area contributed by atoms with E-state index in [9.17, 15) is 14.4 Å². The van der Waals surface area contributed by atoms with Gasteiger partial charge in [-0.2, -0.15) is 0 Å². The summed E-state index contributed by atoms with van der Waals surface area (Å²) in [6.07, 6.45) is 5.58. The van der Waals surface area contributed by atoms with Crippen molar-refractivity contribution < 1.29 is 19.1 Å². The first-order chi connectivity index (χ1) is 21.3. The molecule has 2 atom stereocenters. The Bertz CT molecular complexity index is 1440. The summed E-state index contributed by atoms with van der Waals surface area (Å²) in [6, 6.07) is 17.9. The van der Waals surface area contributed by atoms with E-state index in [0.29, 0.717) is 12.2 Å². The number of nitrogens with zero attached hydrogens (tertiary/aromatic N) is 1. The zero-order valence-corrected chi connectivity index (χ0v) is 28.5. The normalized spacial score (nSPS) is 12.9. The van der Waals surface area contributed by atoms with E-state index in [2.05, 4.69) is 17.6 Å². The van der Waals surface area contributed by atoms with Gasteiger partial charge in [0.25, 0.3) is 5.91 Å². The fraction of sp³-hybridized carbons (Fsp3) is 0.500. The zero-order chi connectivity index (χ0) is 33.1. The standard InChI is InChI=1S/C38H53N3O4/c1-9-10-11-12-13-16-24-41(36(43)33(26(2)3)40-37(44)45-38(6,7)8)34(32-21-17-18-27(4)28(32)5)35(42)39-31-23-22-29-19-14-15-20-30(29)25-31/h14-15,17-23,25-26,33-34H,9-13,16,24H2,1-8H3,(H,39,42)(H,40,44). The summed E-state index contributed by atoms with van der Waals surface area (Å²) in [5.41, 5.74) is 2.71. The lowest BCUT2D eigenvalue weighted by Gasteiger charge is -2.36. The molecule has 244 valence electrons. The van der Waals surface area contributed by atoms with Gasteiger partial charge in [-0.05, 0) is 86.6 Å². The number of rotatable bonds is 14. The Morgan fingerprint density at radius 2 is 1.51 bits per heavy atom. The van der Waals surface area contributed by atoms with Gasteiger partial charge in [-0.3, -0.25) is 9.59 Å². The van der Waals surface area contributed by atoms with Crippen molar-refractivity contribution in [1.82, 2.24) is 10.2 Å². The molecule has 0 fully saturated rings. The fourth-order valence-corrected chi connectivity index (χ4v) is 5.55. The van der Waals surface area contributed by atoms with Crippen molar-refractivity contribution in [1.29, 1.82) is 0 Å². The molecule has 0 radical (unpaired) electrons. The smallest absolute Gasteiger partial charge is 0.408 e. The van der Waals surface area contributed by atoms with Crippen LogP contribution >= 0.6 is 0 Å². The molecular weight excluding hydrogens is 562 g/mol. The molecule has 0 aromatic heterocycles. The minimum atomic E-state index is -0.902. The van der Waals surface area contributed by atoms with Gasteiger partial charge in [0.05, 0.1) is 0 Å². The van der Waals surface area contributed by atoms with Crippen LogP contribution in [0.25, 0.3) is 10.8 Å². The quantitative estimate of drug-likeness (QED) is 0.177. The summed E-state index contributed by atoms with van der Waals surface area (Å²) in [5, 5.41) is 8.05. The topological polar surface area (TPSA) is 87.7 Å². The Kier molecular flexibility index (Phi) is 13.0. The van der Waals surface area contributed by atoms with E-state index in [-0.39, 0.29) is 17.7 Å². The third kappa shape index (κ3) is 10.3. The highest BCUT2D eigenvalue weighted by molar-refractivity contribution is 6.00. The highest BCUT2D eigenvalue weighted by Gasteiger charge is 2.38. The second kappa shape index (κ2) is 16.4. The predicted octanol–water partition coefficient (Wildman–Crippen LogP) is 8.87. The van der Waals surface area contributed by atoms with Crippen LogP contribution in [0.1, 0.15) is 103 Å². The van der Waals surface area contributed by atoms with Gasteiger partial charge in [0, 0.05) is 12.2 Å². The number of amides is 3. The first-order valence-electron chi connectivity index (χ1n) is 16.5. The molecule has 3 aromatic rings. The van der Waals surface area contributed by atoms with Gasteiger partial charge in [0.2, 0.25) is 5.91 Å². The number of aryl methyl sites for hydroxylation is 1. The number of alkyl carbamates (subject to hydrolysis) is 1. The minimum absolute atomic E-state index is 0.236. The molecular formula is C38H53N3O4. The van der Waals surface area contributed by atoms with Gasteiger partial charge in [0.15, 0.2) is 0 Å². The van der Waals surface area contributed by atoms with Crippen LogP contribution in [-0.4, -0.2) is 41.0 Å². The highest BCUT2D eigenvalue weighted by atomic mass is 16.6. The molecule has 0 aliphatic carbocycles. The number of carbonyl (C=O) groups is 3. The van der Waals surface area contributed by atoms with Crippen LogP contribution in [-0.2, 0) is 14.3 Å². The number of hydrogen-bond donors (Lipinski definition) is 2. The number of nitrogens with one attached hydrogen (secondary N) is 2. The molecule has 0 bridgehead atoms. The van der Waals surface area contributed by atoms with Gasteiger partial charge >= 0.3 is 6.09 Å². The van der Waals surface area contributed by atoms with Crippen molar-refractivity contribution in [3.05, 3.63) is 77.4 Å². The van der Waals surface area contributed by atoms with Crippen molar-refractivity contribution in [2.24, 2.45) is 5.92 Å².